The Morgan fingerprint density at radius 2 is 2.05 bits per heavy atom. The Morgan fingerprint density at radius 1 is 1.26 bits per heavy atom. The molecule has 1 aliphatic carbocycles. The first-order valence-corrected chi connectivity index (χ1v) is 8.04. The van der Waals surface area contributed by atoms with Gasteiger partial charge >= 0.3 is 0 Å². The van der Waals surface area contributed by atoms with Crippen molar-refractivity contribution in [1.82, 2.24) is 5.32 Å². The van der Waals surface area contributed by atoms with Crippen molar-refractivity contribution in [2.24, 2.45) is 11.8 Å². The zero-order valence-electron chi connectivity index (χ0n) is 11.8. The molecule has 0 radical (unpaired) electrons. The molecule has 0 bridgehead atoms. The van der Waals surface area contributed by atoms with Crippen molar-refractivity contribution >= 4 is 23.2 Å². The molecule has 1 N–H and O–H groups in total. The molecule has 0 spiro atoms. The van der Waals surface area contributed by atoms with Gasteiger partial charge < -0.3 is 5.32 Å². The second kappa shape index (κ2) is 6.97. The molecule has 3 unspecified atom stereocenters. The molecular formula is C16H23Cl2N. The molecule has 1 aliphatic rings. The summed E-state index contributed by atoms with van der Waals surface area (Å²) in [4.78, 5) is 0. The Hall–Kier alpha value is -0.240. The predicted octanol–water partition coefficient (Wildman–Crippen LogP) is 4.95. The molecule has 0 saturated heterocycles. The zero-order chi connectivity index (χ0) is 13.8. The maximum Gasteiger partial charge on any atom is 0.0595 e. The van der Waals surface area contributed by atoms with E-state index >= 15 is 0 Å². The van der Waals surface area contributed by atoms with Gasteiger partial charge in [-0.1, -0.05) is 56.0 Å². The third-order valence-electron chi connectivity index (χ3n) is 4.35. The monoisotopic (exact) mass is 299 g/mol. The summed E-state index contributed by atoms with van der Waals surface area (Å²) in [5.74, 6) is 1.61. The van der Waals surface area contributed by atoms with Crippen LogP contribution in [0, 0.1) is 11.8 Å². The highest BCUT2D eigenvalue weighted by molar-refractivity contribution is 6.42. The molecule has 0 aromatic heterocycles. The first-order valence-electron chi connectivity index (χ1n) is 7.29. The number of rotatable bonds is 5. The summed E-state index contributed by atoms with van der Waals surface area (Å²) >= 11 is 12.1. The lowest BCUT2D eigenvalue weighted by Gasteiger charge is -2.28. The third-order valence-corrected chi connectivity index (χ3v) is 5.09. The molecule has 3 atom stereocenters. The smallest absolute Gasteiger partial charge is 0.0595 e. The molecule has 0 amide bonds. The van der Waals surface area contributed by atoms with Gasteiger partial charge in [-0.2, -0.15) is 0 Å². The van der Waals surface area contributed by atoms with E-state index in [1.165, 1.54) is 24.8 Å². The Bertz CT molecular complexity index is 419. The van der Waals surface area contributed by atoms with Crippen LogP contribution < -0.4 is 5.32 Å². The summed E-state index contributed by atoms with van der Waals surface area (Å²) in [5, 5.41) is 4.96. The van der Waals surface area contributed by atoms with Gasteiger partial charge in [0.05, 0.1) is 10.0 Å². The Labute approximate surface area is 126 Å². The first-order chi connectivity index (χ1) is 9.11. The van der Waals surface area contributed by atoms with Gasteiger partial charge in [-0.15, -0.1) is 0 Å². The van der Waals surface area contributed by atoms with Gasteiger partial charge in [0.25, 0.3) is 0 Å². The van der Waals surface area contributed by atoms with Crippen LogP contribution in [0.1, 0.15) is 38.7 Å². The van der Waals surface area contributed by atoms with Crippen LogP contribution in [0.3, 0.4) is 0 Å². The lowest BCUT2D eigenvalue weighted by molar-refractivity contribution is 0.298. The van der Waals surface area contributed by atoms with Crippen LogP contribution in [0.15, 0.2) is 18.2 Å². The van der Waals surface area contributed by atoms with Crippen LogP contribution in [0.25, 0.3) is 0 Å². The molecule has 1 fully saturated rings. The van der Waals surface area contributed by atoms with Gasteiger partial charge in [-0.05, 0) is 48.9 Å². The van der Waals surface area contributed by atoms with Gasteiger partial charge in [0.2, 0.25) is 0 Å². The average Bonchev–Trinajstić information content (AvgIpc) is 2.79. The zero-order valence-corrected chi connectivity index (χ0v) is 13.3. The van der Waals surface area contributed by atoms with Crippen LogP contribution in [0.5, 0.6) is 0 Å². The second-order valence-corrected chi connectivity index (χ2v) is 6.50. The molecule has 19 heavy (non-hydrogen) atoms. The van der Waals surface area contributed by atoms with Crippen LogP contribution >= 0.6 is 23.2 Å². The molecule has 1 aromatic rings. The summed E-state index contributed by atoms with van der Waals surface area (Å²) < 4.78 is 0. The molecule has 2 rings (SSSR count). The van der Waals surface area contributed by atoms with E-state index in [1.807, 2.05) is 12.1 Å². The topological polar surface area (TPSA) is 12.0 Å². The minimum absolute atomic E-state index is 0.555. The van der Waals surface area contributed by atoms with Crippen LogP contribution in [0.4, 0.5) is 0 Å². The summed E-state index contributed by atoms with van der Waals surface area (Å²) in [6, 6.07) is 6.56. The molecule has 1 saturated carbocycles. The van der Waals surface area contributed by atoms with Crippen molar-refractivity contribution in [2.45, 2.75) is 45.6 Å². The molecule has 1 nitrogen and oxygen atoms in total. The molecular weight excluding hydrogens is 277 g/mol. The number of hydrogen-bond donors (Lipinski definition) is 1. The normalized spacial score (nSPS) is 24.6. The predicted molar refractivity (Wildman–Crippen MR) is 84.1 cm³/mol. The highest BCUT2D eigenvalue weighted by atomic mass is 35.5. The highest BCUT2D eigenvalue weighted by Crippen LogP contribution is 2.35. The third kappa shape index (κ3) is 3.87. The van der Waals surface area contributed by atoms with Crippen LogP contribution in [-0.2, 0) is 6.42 Å². The summed E-state index contributed by atoms with van der Waals surface area (Å²) in [6.45, 7) is 5.59. The standard InChI is InChI=1S/C16H23Cl2N/c1-3-19-16(13-6-4-5-11(13)2)10-12-7-8-14(17)15(18)9-12/h7-9,11,13,16,19H,3-6,10H2,1-2H3. The van der Waals surface area contributed by atoms with Gasteiger partial charge in [-0.25, -0.2) is 0 Å². The Morgan fingerprint density at radius 3 is 2.63 bits per heavy atom. The van der Waals surface area contributed by atoms with E-state index in [1.54, 1.807) is 0 Å². The van der Waals surface area contributed by atoms with E-state index < -0.39 is 0 Å². The quantitative estimate of drug-likeness (QED) is 0.811. The van der Waals surface area contributed by atoms with Crippen molar-refractivity contribution in [2.75, 3.05) is 6.54 Å². The van der Waals surface area contributed by atoms with E-state index in [9.17, 15) is 0 Å². The Kier molecular flexibility index (Phi) is 5.56. The van der Waals surface area contributed by atoms with Gasteiger partial charge in [-0.3, -0.25) is 0 Å². The second-order valence-electron chi connectivity index (χ2n) is 5.69. The van der Waals surface area contributed by atoms with Crippen molar-refractivity contribution in [3.8, 4) is 0 Å². The number of benzene rings is 1. The Balaban J connectivity index is 2.09. The summed E-state index contributed by atoms with van der Waals surface area (Å²) in [5.41, 5.74) is 1.28. The van der Waals surface area contributed by atoms with Gasteiger partial charge in [0.1, 0.15) is 0 Å². The molecule has 106 valence electrons. The lowest BCUT2D eigenvalue weighted by Crippen LogP contribution is -2.39. The van der Waals surface area contributed by atoms with Gasteiger partial charge in [0.15, 0.2) is 0 Å². The van der Waals surface area contributed by atoms with Crippen molar-refractivity contribution in [3.63, 3.8) is 0 Å². The fraction of sp³-hybridized carbons (Fsp3) is 0.625. The fourth-order valence-corrected chi connectivity index (χ4v) is 3.65. The minimum atomic E-state index is 0.555. The molecule has 1 aromatic carbocycles. The van der Waals surface area contributed by atoms with Crippen molar-refractivity contribution in [3.05, 3.63) is 33.8 Å². The minimum Gasteiger partial charge on any atom is -0.314 e. The maximum absolute atomic E-state index is 6.11. The van der Waals surface area contributed by atoms with Crippen molar-refractivity contribution < 1.29 is 0 Å². The largest absolute Gasteiger partial charge is 0.314 e. The molecule has 0 heterocycles. The molecule has 3 heteroatoms. The summed E-state index contributed by atoms with van der Waals surface area (Å²) in [7, 11) is 0. The number of likely N-dealkylation sites (N-methyl/N-ethyl adjacent to an activating group) is 1. The summed E-state index contributed by atoms with van der Waals surface area (Å²) in [6.07, 6.45) is 5.13. The van der Waals surface area contributed by atoms with Crippen LogP contribution in [0.2, 0.25) is 10.0 Å². The maximum atomic E-state index is 6.11. The van der Waals surface area contributed by atoms with E-state index in [-0.39, 0.29) is 0 Å². The number of halogens is 2. The first kappa shape index (κ1) is 15.2. The lowest BCUT2D eigenvalue weighted by atomic mass is 9.86. The fourth-order valence-electron chi connectivity index (χ4n) is 3.33. The highest BCUT2D eigenvalue weighted by Gasteiger charge is 2.30. The molecule has 0 aliphatic heterocycles. The van der Waals surface area contributed by atoms with E-state index in [2.05, 4.69) is 25.2 Å². The number of nitrogens with one attached hydrogen (secondary N) is 1. The van der Waals surface area contributed by atoms with Crippen LogP contribution in [-0.4, -0.2) is 12.6 Å². The number of hydrogen-bond acceptors (Lipinski definition) is 1. The van der Waals surface area contributed by atoms with E-state index in [4.69, 9.17) is 23.2 Å². The van der Waals surface area contributed by atoms with E-state index in [0.717, 1.165) is 24.8 Å². The van der Waals surface area contributed by atoms with Gasteiger partial charge in [0, 0.05) is 6.04 Å². The van der Waals surface area contributed by atoms with E-state index in [0.29, 0.717) is 16.1 Å². The SMILES string of the molecule is CCNC(Cc1ccc(Cl)c(Cl)c1)C1CCCC1C. The average molecular weight is 300 g/mol. The van der Waals surface area contributed by atoms with Crippen molar-refractivity contribution in [1.29, 1.82) is 0 Å².